The van der Waals surface area contributed by atoms with E-state index in [9.17, 15) is 4.79 Å². The van der Waals surface area contributed by atoms with Gasteiger partial charge < -0.3 is 0 Å². The molecule has 0 bridgehead atoms. The molecule has 150 valence electrons. The summed E-state index contributed by atoms with van der Waals surface area (Å²) in [5.41, 5.74) is 2.59. The summed E-state index contributed by atoms with van der Waals surface area (Å²) in [6.07, 6.45) is 13.5. The summed E-state index contributed by atoms with van der Waals surface area (Å²) in [5, 5.41) is 1.26. The maximum atomic E-state index is 12.3. The average Bonchev–Trinajstić information content (AvgIpc) is 2.67. The largest absolute Gasteiger partial charge is 0.373 e. The van der Waals surface area contributed by atoms with Crippen LogP contribution in [0.25, 0.3) is 0 Å². The minimum atomic E-state index is -1.60. The quantitative estimate of drug-likeness (QED) is 0.348. The molecule has 27 heavy (non-hydrogen) atoms. The normalized spacial score (nSPS) is 18.1. The molecule has 0 unspecified atom stereocenters. The van der Waals surface area contributed by atoms with E-state index in [1.165, 1.54) is 50.1 Å². The Morgan fingerprint density at radius 1 is 0.926 bits per heavy atom. The van der Waals surface area contributed by atoms with Gasteiger partial charge in [-0.05, 0) is 25.0 Å². The molecule has 4 heteroatoms. The second-order valence-electron chi connectivity index (χ2n) is 8.35. The molecule has 1 aromatic rings. The lowest BCUT2D eigenvalue weighted by atomic mass is 9.99. The van der Waals surface area contributed by atoms with Crippen LogP contribution in [0.4, 0.5) is 0 Å². The molecule has 0 N–H and O–H groups in total. The highest BCUT2D eigenvalue weighted by atomic mass is 28.3. The SMILES string of the molecule is C=C[Si](C)(C)c1ccc(C(=O)OOC2CCCCCCCCCCC2)cc1. The predicted molar refractivity (Wildman–Crippen MR) is 115 cm³/mol. The average molecular weight is 389 g/mol. The van der Waals surface area contributed by atoms with Crippen molar-refractivity contribution < 1.29 is 14.6 Å². The Morgan fingerprint density at radius 3 is 1.89 bits per heavy atom. The summed E-state index contributed by atoms with van der Waals surface area (Å²) in [5.74, 6) is -0.397. The third-order valence-corrected chi connectivity index (χ3v) is 8.53. The van der Waals surface area contributed by atoms with Crippen LogP contribution in [0, 0.1) is 0 Å². The molecule has 1 aliphatic carbocycles. The van der Waals surface area contributed by atoms with E-state index in [1.54, 1.807) is 0 Å². The Bertz CT molecular complexity index is 568. The van der Waals surface area contributed by atoms with E-state index in [1.807, 2.05) is 30.0 Å². The van der Waals surface area contributed by atoms with Crippen molar-refractivity contribution in [2.24, 2.45) is 0 Å². The van der Waals surface area contributed by atoms with Crippen molar-refractivity contribution in [3.05, 3.63) is 42.1 Å². The van der Waals surface area contributed by atoms with Crippen LogP contribution in [0.2, 0.25) is 13.1 Å². The minimum absolute atomic E-state index is 0.0276. The van der Waals surface area contributed by atoms with Crippen LogP contribution >= 0.6 is 0 Å². The first-order valence-electron chi connectivity index (χ1n) is 10.6. The van der Waals surface area contributed by atoms with E-state index >= 15 is 0 Å². The van der Waals surface area contributed by atoms with Crippen LogP contribution in [-0.2, 0) is 9.78 Å². The van der Waals surface area contributed by atoms with E-state index in [4.69, 9.17) is 9.78 Å². The topological polar surface area (TPSA) is 35.5 Å². The summed E-state index contributed by atoms with van der Waals surface area (Å²) >= 11 is 0. The molecule has 3 nitrogen and oxygen atoms in total. The van der Waals surface area contributed by atoms with Gasteiger partial charge in [0.05, 0.1) is 5.56 Å². The maximum absolute atomic E-state index is 12.3. The molecule has 0 aromatic heterocycles. The first-order chi connectivity index (χ1) is 13.0. The van der Waals surface area contributed by atoms with Gasteiger partial charge in [-0.3, -0.25) is 4.89 Å². The minimum Gasteiger partial charge on any atom is -0.293 e. The number of hydrogen-bond donors (Lipinski definition) is 0. The van der Waals surface area contributed by atoms with Gasteiger partial charge >= 0.3 is 5.97 Å². The van der Waals surface area contributed by atoms with Crippen molar-refractivity contribution in [1.29, 1.82) is 0 Å². The van der Waals surface area contributed by atoms with Gasteiger partial charge in [0.15, 0.2) is 0 Å². The standard InChI is InChI=1S/C23H36O3Si/c1-4-27(2,3)22-18-16-20(17-19-22)23(24)26-25-21-14-12-10-8-6-5-7-9-11-13-15-21/h4,16-19,21H,1,5-15H2,2-3H3. The highest BCUT2D eigenvalue weighted by Gasteiger charge is 2.20. The maximum Gasteiger partial charge on any atom is 0.373 e. The van der Waals surface area contributed by atoms with Crippen LogP contribution < -0.4 is 5.19 Å². The summed E-state index contributed by atoms with van der Waals surface area (Å²) in [6, 6.07) is 7.70. The molecule has 2 rings (SSSR count). The number of rotatable bonds is 5. The van der Waals surface area contributed by atoms with Crippen molar-refractivity contribution in [2.45, 2.75) is 89.8 Å². The third kappa shape index (κ3) is 7.63. The van der Waals surface area contributed by atoms with Crippen LogP contribution in [0.3, 0.4) is 0 Å². The summed E-state index contributed by atoms with van der Waals surface area (Å²) in [7, 11) is -1.60. The molecule has 0 saturated heterocycles. The van der Waals surface area contributed by atoms with Crippen molar-refractivity contribution in [2.75, 3.05) is 0 Å². The molecule has 1 aromatic carbocycles. The zero-order chi connectivity index (χ0) is 19.5. The van der Waals surface area contributed by atoms with Crippen LogP contribution in [0.1, 0.15) is 81.0 Å². The van der Waals surface area contributed by atoms with Crippen molar-refractivity contribution in [3.8, 4) is 0 Å². The van der Waals surface area contributed by atoms with Gasteiger partial charge in [0.2, 0.25) is 0 Å². The van der Waals surface area contributed by atoms with E-state index in [-0.39, 0.29) is 6.10 Å². The second kappa shape index (κ2) is 11.5. The summed E-state index contributed by atoms with van der Waals surface area (Å²) < 4.78 is 0. The Hall–Kier alpha value is -1.39. The molecule has 0 radical (unpaired) electrons. The highest BCUT2D eigenvalue weighted by Crippen LogP contribution is 2.19. The number of carbonyl (C=O) groups excluding carboxylic acids is 1. The van der Waals surface area contributed by atoms with Crippen molar-refractivity contribution in [1.82, 2.24) is 0 Å². The molecule has 0 spiro atoms. The molecule has 0 aliphatic heterocycles. The fraction of sp³-hybridized carbons (Fsp3) is 0.609. The Labute approximate surface area is 166 Å². The zero-order valence-electron chi connectivity index (χ0n) is 17.2. The predicted octanol–water partition coefficient (Wildman–Crippen LogP) is 6.09. The fourth-order valence-electron chi connectivity index (χ4n) is 3.54. The Morgan fingerprint density at radius 2 is 1.41 bits per heavy atom. The number of carbonyl (C=O) groups is 1. The smallest absolute Gasteiger partial charge is 0.293 e. The molecule has 1 fully saturated rings. The van der Waals surface area contributed by atoms with E-state index in [0.29, 0.717) is 5.56 Å². The summed E-state index contributed by atoms with van der Waals surface area (Å²) in [6.45, 7) is 8.41. The molecule has 1 aliphatic rings. The lowest BCUT2D eigenvalue weighted by Gasteiger charge is -2.18. The zero-order valence-corrected chi connectivity index (χ0v) is 18.2. The van der Waals surface area contributed by atoms with Gasteiger partial charge in [-0.2, -0.15) is 4.89 Å². The molecule has 1 saturated carbocycles. The third-order valence-electron chi connectivity index (χ3n) is 5.69. The fourth-order valence-corrected chi connectivity index (χ4v) is 4.80. The molecular weight excluding hydrogens is 352 g/mol. The molecule has 0 atom stereocenters. The van der Waals surface area contributed by atoms with Gasteiger partial charge in [-0.15, -0.1) is 6.58 Å². The van der Waals surface area contributed by atoms with Gasteiger partial charge in [-0.1, -0.05) is 93.9 Å². The van der Waals surface area contributed by atoms with E-state index in [0.717, 1.165) is 25.7 Å². The van der Waals surface area contributed by atoms with Crippen LogP contribution in [0.15, 0.2) is 36.5 Å². The van der Waals surface area contributed by atoms with E-state index < -0.39 is 14.0 Å². The first-order valence-corrected chi connectivity index (χ1v) is 13.7. The monoisotopic (exact) mass is 388 g/mol. The number of benzene rings is 1. The van der Waals surface area contributed by atoms with Crippen LogP contribution in [-0.4, -0.2) is 20.1 Å². The first kappa shape index (κ1) is 21.9. The Kier molecular flexibility index (Phi) is 9.29. The lowest BCUT2D eigenvalue weighted by molar-refractivity contribution is -0.277. The van der Waals surface area contributed by atoms with E-state index in [2.05, 4.69) is 19.7 Å². The van der Waals surface area contributed by atoms with Crippen LogP contribution in [0.5, 0.6) is 0 Å². The van der Waals surface area contributed by atoms with Gasteiger partial charge in [0.1, 0.15) is 14.2 Å². The highest BCUT2D eigenvalue weighted by molar-refractivity contribution is 6.93. The van der Waals surface area contributed by atoms with Gasteiger partial charge in [0.25, 0.3) is 0 Å². The van der Waals surface area contributed by atoms with Gasteiger partial charge in [-0.25, -0.2) is 4.79 Å². The van der Waals surface area contributed by atoms with Crippen molar-refractivity contribution in [3.63, 3.8) is 0 Å². The summed E-state index contributed by atoms with van der Waals surface area (Å²) in [4.78, 5) is 23.1. The lowest BCUT2D eigenvalue weighted by Crippen LogP contribution is -2.39. The molecule has 0 amide bonds. The molecular formula is C23H36O3Si. The van der Waals surface area contributed by atoms with Gasteiger partial charge in [0, 0.05) is 0 Å². The molecule has 0 heterocycles. The van der Waals surface area contributed by atoms with Crippen molar-refractivity contribution >= 4 is 19.2 Å². The Balaban J connectivity index is 1.85. The number of hydrogen-bond acceptors (Lipinski definition) is 3. The second-order valence-corrected chi connectivity index (χ2v) is 12.8.